The van der Waals surface area contributed by atoms with E-state index in [0.29, 0.717) is 5.92 Å². The summed E-state index contributed by atoms with van der Waals surface area (Å²) in [5.74, 6) is 1.38. The summed E-state index contributed by atoms with van der Waals surface area (Å²) in [4.78, 5) is 11.1. The van der Waals surface area contributed by atoms with Crippen molar-refractivity contribution in [3.63, 3.8) is 0 Å². The van der Waals surface area contributed by atoms with Gasteiger partial charge in [0.25, 0.3) is 0 Å². The third kappa shape index (κ3) is 3.01. The Bertz CT molecular complexity index is 426. The third-order valence-electron chi connectivity index (χ3n) is 3.33. The number of nitrogens with one attached hydrogen (secondary N) is 2. The number of rotatable bonds is 3. The summed E-state index contributed by atoms with van der Waals surface area (Å²) in [5, 5.41) is 6.18. The number of hydrogen-bond acceptors (Lipinski definition) is 3. The summed E-state index contributed by atoms with van der Waals surface area (Å²) < 4.78 is 5.43. The molecule has 0 aromatic heterocycles. The summed E-state index contributed by atoms with van der Waals surface area (Å²) in [6, 6.07) is 5.85. The predicted molar refractivity (Wildman–Crippen MR) is 72.1 cm³/mol. The molecular weight excluding hydrogens is 228 g/mol. The average molecular weight is 248 g/mol. The first-order chi connectivity index (χ1) is 8.70. The number of benzene rings is 1. The smallest absolute Gasteiger partial charge is 0.221 e. The Balaban J connectivity index is 2.26. The summed E-state index contributed by atoms with van der Waals surface area (Å²) in [6.45, 7) is 3.60. The van der Waals surface area contributed by atoms with Gasteiger partial charge in [0, 0.05) is 12.6 Å². The van der Waals surface area contributed by atoms with Crippen molar-refractivity contribution in [2.75, 3.05) is 25.5 Å². The molecule has 98 valence electrons. The van der Waals surface area contributed by atoms with Gasteiger partial charge in [-0.05, 0) is 55.6 Å². The van der Waals surface area contributed by atoms with Crippen LogP contribution in [0.4, 0.5) is 5.69 Å². The standard InChI is InChI=1S/C14H20N2O2/c1-10(17)16-12-3-4-14(18-2)13(9-12)11-5-7-15-8-6-11/h3-4,9,11,15H,5-8H2,1-2H3,(H,16,17). The van der Waals surface area contributed by atoms with E-state index in [9.17, 15) is 4.79 Å². The van der Waals surface area contributed by atoms with Gasteiger partial charge in [-0.15, -0.1) is 0 Å². The highest BCUT2D eigenvalue weighted by atomic mass is 16.5. The van der Waals surface area contributed by atoms with Crippen molar-refractivity contribution in [1.82, 2.24) is 5.32 Å². The molecule has 0 radical (unpaired) electrons. The topological polar surface area (TPSA) is 50.4 Å². The maximum Gasteiger partial charge on any atom is 0.221 e. The molecule has 1 amide bonds. The normalized spacial score (nSPS) is 16.3. The van der Waals surface area contributed by atoms with E-state index in [1.165, 1.54) is 12.5 Å². The number of carbonyl (C=O) groups is 1. The molecule has 1 fully saturated rings. The highest BCUT2D eigenvalue weighted by Gasteiger charge is 2.19. The minimum atomic E-state index is -0.0450. The van der Waals surface area contributed by atoms with Crippen LogP contribution in [0.2, 0.25) is 0 Å². The van der Waals surface area contributed by atoms with Crippen molar-refractivity contribution < 1.29 is 9.53 Å². The van der Waals surface area contributed by atoms with E-state index in [4.69, 9.17) is 4.74 Å². The molecule has 0 spiro atoms. The van der Waals surface area contributed by atoms with Gasteiger partial charge in [0.05, 0.1) is 7.11 Å². The molecule has 0 unspecified atom stereocenters. The molecule has 18 heavy (non-hydrogen) atoms. The second-order valence-electron chi connectivity index (χ2n) is 4.66. The lowest BCUT2D eigenvalue weighted by atomic mass is 9.89. The molecule has 2 rings (SSSR count). The number of piperidine rings is 1. The number of ether oxygens (including phenoxy) is 1. The van der Waals surface area contributed by atoms with Gasteiger partial charge in [0.15, 0.2) is 0 Å². The van der Waals surface area contributed by atoms with Crippen molar-refractivity contribution in [3.05, 3.63) is 23.8 Å². The van der Waals surface area contributed by atoms with E-state index in [0.717, 1.165) is 37.4 Å². The fourth-order valence-electron chi connectivity index (χ4n) is 2.47. The first-order valence-electron chi connectivity index (χ1n) is 6.37. The van der Waals surface area contributed by atoms with E-state index in [-0.39, 0.29) is 5.91 Å². The summed E-state index contributed by atoms with van der Waals surface area (Å²) in [7, 11) is 1.69. The van der Waals surface area contributed by atoms with Crippen molar-refractivity contribution in [2.45, 2.75) is 25.7 Å². The first-order valence-corrected chi connectivity index (χ1v) is 6.37. The van der Waals surface area contributed by atoms with Crippen molar-refractivity contribution in [1.29, 1.82) is 0 Å². The monoisotopic (exact) mass is 248 g/mol. The van der Waals surface area contributed by atoms with E-state index < -0.39 is 0 Å². The SMILES string of the molecule is COc1ccc(NC(C)=O)cc1C1CCNCC1. The molecule has 1 saturated heterocycles. The number of carbonyl (C=O) groups excluding carboxylic acids is 1. The minimum Gasteiger partial charge on any atom is -0.496 e. The van der Waals surface area contributed by atoms with Gasteiger partial charge in [-0.2, -0.15) is 0 Å². The largest absolute Gasteiger partial charge is 0.496 e. The van der Waals surface area contributed by atoms with Crippen LogP contribution >= 0.6 is 0 Å². The molecule has 0 aliphatic carbocycles. The maximum absolute atomic E-state index is 11.1. The van der Waals surface area contributed by atoms with E-state index in [1.54, 1.807) is 7.11 Å². The molecule has 4 nitrogen and oxygen atoms in total. The third-order valence-corrected chi connectivity index (χ3v) is 3.33. The van der Waals surface area contributed by atoms with Gasteiger partial charge in [-0.1, -0.05) is 0 Å². The van der Waals surface area contributed by atoms with Gasteiger partial charge in [-0.3, -0.25) is 4.79 Å². The highest BCUT2D eigenvalue weighted by Crippen LogP contribution is 2.34. The van der Waals surface area contributed by atoms with Gasteiger partial charge < -0.3 is 15.4 Å². The molecule has 4 heteroatoms. The van der Waals surface area contributed by atoms with E-state index in [1.807, 2.05) is 18.2 Å². The summed E-state index contributed by atoms with van der Waals surface area (Å²) in [5.41, 5.74) is 2.04. The molecular formula is C14H20N2O2. The summed E-state index contributed by atoms with van der Waals surface area (Å²) in [6.07, 6.45) is 2.22. The highest BCUT2D eigenvalue weighted by molar-refractivity contribution is 5.88. The zero-order valence-corrected chi connectivity index (χ0v) is 11.0. The molecule has 0 bridgehead atoms. The molecule has 1 heterocycles. The number of hydrogen-bond donors (Lipinski definition) is 2. The van der Waals surface area contributed by atoms with Crippen LogP contribution in [-0.4, -0.2) is 26.1 Å². The van der Waals surface area contributed by atoms with Crippen LogP contribution in [0, 0.1) is 0 Å². The molecule has 0 saturated carbocycles. The van der Waals surface area contributed by atoms with Gasteiger partial charge in [0.2, 0.25) is 5.91 Å². The lowest BCUT2D eigenvalue weighted by Crippen LogP contribution is -2.26. The Labute approximate surface area is 108 Å². The fourth-order valence-corrected chi connectivity index (χ4v) is 2.47. The van der Waals surface area contributed by atoms with E-state index in [2.05, 4.69) is 10.6 Å². The number of methoxy groups -OCH3 is 1. The van der Waals surface area contributed by atoms with Crippen LogP contribution in [0.3, 0.4) is 0 Å². The van der Waals surface area contributed by atoms with Crippen LogP contribution in [0.25, 0.3) is 0 Å². The first kappa shape index (κ1) is 12.9. The number of amides is 1. The molecule has 1 aromatic rings. The van der Waals surface area contributed by atoms with E-state index >= 15 is 0 Å². The van der Waals surface area contributed by atoms with Gasteiger partial charge in [0.1, 0.15) is 5.75 Å². The Morgan fingerprint density at radius 1 is 1.39 bits per heavy atom. The molecule has 2 N–H and O–H groups in total. The molecule has 0 atom stereocenters. The second-order valence-corrected chi connectivity index (χ2v) is 4.66. The predicted octanol–water partition coefficient (Wildman–Crippen LogP) is 2.12. The Hall–Kier alpha value is -1.55. The number of anilines is 1. The van der Waals surface area contributed by atoms with Crippen LogP contribution in [-0.2, 0) is 4.79 Å². The van der Waals surface area contributed by atoms with Crippen LogP contribution in [0.1, 0.15) is 31.2 Å². The van der Waals surface area contributed by atoms with Gasteiger partial charge >= 0.3 is 0 Å². The van der Waals surface area contributed by atoms with Crippen LogP contribution in [0.15, 0.2) is 18.2 Å². The quantitative estimate of drug-likeness (QED) is 0.861. The van der Waals surface area contributed by atoms with Crippen molar-refractivity contribution in [3.8, 4) is 5.75 Å². The Morgan fingerprint density at radius 3 is 2.72 bits per heavy atom. The van der Waals surface area contributed by atoms with Crippen molar-refractivity contribution >= 4 is 11.6 Å². The van der Waals surface area contributed by atoms with Crippen LogP contribution in [0.5, 0.6) is 5.75 Å². The fraction of sp³-hybridized carbons (Fsp3) is 0.500. The second kappa shape index (κ2) is 5.87. The minimum absolute atomic E-state index is 0.0450. The zero-order chi connectivity index (χ0) is 13.0. The average Bonchev–Trinajstić information content (AvgIpc) is 2.39. The lowest BCUT2D eigenvalue weighted by Gasteiger charge is -2.25. The van der Waals surface area contributed by atoms with Crippen molar-refractivity contribution in [2.24, 2.45) is 0 Å². The maximum atomic E-state index is 11.1. The van der Waals surface area contributed by atoms with Crippen LogP contribution < -0.4 is 15.4 Å². The Kier molecular flexibility index (Phi) is 4.20. The zero-order valence-electron chi connectivity index (χ0n) is 11.0. The lowest BCUT2D eigenvalue weighted by molar-refractivity contribution is -0.114. The molecule has 1 aliphatic heterocycles. The molecule has 1 aromatic carbocycles. The molecule has 1 aliphatic rings. The summed E-state index contributed by atoms with van der Waals surface area (Å²) >= 11 is 0. The Morgan fingerprint density at radius 2 is 2.11 bits per heavy atom. The van der Waals surface area contributed by atoms with Gasteiger partial charge in [-0.25, -0.2) is 0 Å².